The number of anilines is 6. The van der Waals surface area contributed by atoms with Gasteiger partial charge in [0, 0.05) is 45.3 Å². The Balaban J connectivity index is 0.983. The average molecular weight is 915 g/mol. The minimum atomic E-state index is -0.690. The Labute approximate surface area is 412 Å². The summed E-state index contributed by atoms with van der Waals surface area (Å²) in [5.74, 6) is 1.20. The number of para-hydroxylation sites is 4. The molecule has 1 aliphatic carbocycles. The summed E-state index contributed by atoms with van der Waals surface area (Å²) >= 11 is 0. The summed E-state index contributed by atoms with van der Waals surface area (Å²) in [7, 11) is 0. The number of nitrogens with zero attached hydrogens (tertiary/aromatic N) is 4. The van der Waals surface area contributed by atoms with Crippen LogP contribution in [0.3, 0.4) is 0 Å². The number of benzene rings is 10. The van der Waals surface area contributed by atoms with Crippen LogP contribution in [-0.4, -0.2) is 9.97 Å². The highest BCUT2D eigenvalue weighted by atomic mass is 16.4. The van der Waals surface area contributed by atoms with E-state index in [9.17, 15) is 0 Å². The van der Waals surface area contributed by atoms with Crippen molar-refractivity contribution in [3.05, 3.63) is 276 Å². The molecule has 0 saturated carbocycles. The van der Waals surface area contributed by atoms with Gasteiger partial charge in [0.25, 0.3) is 0 Å². The average Bonchev–Trinajstić information content (AvgIpc) is 4.14. The SMILES string of the molecule is Cc1ccc(N(c2ccc(-c3nc4ccccc4o3)cc2)c2ccc3c(c2)C(c2ccccc2)(c2ccccc2)c2cc(N(c4ccc(C)cc4)c4ccc(-c5nc6ccccc6o5)cc4)ccc2-3)cc1. The highest BCUT2D eigenvalue weighted by molar-refractivity contribution is 5.92. The van der Waals surface area contributed by atoms with E-state index in [2.05, 4.69) is 218 Å². The molecule has 0 fully saturated rings. The van der Waals surface area contributed by atoms with Crippen molar-refractivity contribution < 1.29 is 8.83 Å². The topological polar surface area (TPSA) is 58.5 Å². The Kier molecular flexibility index (Phi) is 10.1. The van der Waals surface area contributed by atoms with Gasteiger partial charge in [0.1, 0.15) is 11.0 Å². The molecule has 10 aromatic carbocycles. The minimum Gasteiger partial charge on any atom is -0.436 e. The number of hydrogen-bond acceptors (Lipinski definition) is 6. The maximum Gasteiger partial charge on any atom is 0.227 e. The Morgan fingerprint density at radius 1 is 0.338 bits per heavy atom. The zero-order valence-corrected chi connectivity index (χ0v) is 39.2. The fourth-order valence-electron chi connectivity index (χ4n) is 10.5. The van der Waals surface area contributed by atoms with Gasteiger partial charge in [-0.15, -0.1) is 0 Å². The second-order valence-electron chi connectivity index (χ2n) is 18.4. The van der Waals surface area contributed by atoms with Gasteiger partial charge in [0.2, 0.25) is 11.8 Å². The maximum atomic E-state index is 6.20. The van der Waals surface area contributed by atoms with Gasteiger partial charge in [-0.2, -0.15) is 0 Å². The van der Waals surface area contributed by atoms with Crippen molar-refractivity contribution in [1.82, 2.24) is 9.97 Å². The lowest BCUT2D eigenvalue weighted by molar-refractivity contribution is 0.619. The van der Waals surface area contributed by atoms with E-state index in [1.165, 1.54) is 44.5 Å². The molecule has 6 nitrogen and oxygen atoms in total. The van der Waals surface area contributed by atoms with Crippen LogP contribution in [0.15, 0.2) is 251 Å². The Morgan fingerprint density at radius 3 is 1.06 bits per heavy atom. The van der Waals surface area contributed by atoms with Gasteiger partial charge in [-0.1, -0.05) is 132 Å². The van der Waals surface area contributed by atoms with E-state index in [1.54, 1.807) is 0 Å². The largest absolute Gasteiger partial charge is 0.436 e. The first-order valence-corrected chi connectivity index (χ1v) is 24.0. The quantitative estimate of drug-likeness (QED) is 0.136. The molecule has 0 spiro atoms. The normalized spacial score (nSPS) is 12.5. The van der Waals surface area contributed by atoms with Gasteiger partial charge in [0.05, 0.1) is 5.41 Å². The number of aryl methyl sites for hydroxylation is 2. The van der Waals surface area contributed by atoms with Gasteiger partial charge in [-0.3, -0.25) is 0 Å². The first-order chi connectivity index (χ1) is 35.0. The zero-order chi connectivity index (χ0) is 47.5. The van der Waals surface area contributed by atoms with Crippen LogP contribution in [0.5, 0.6) is 0 Å². The number of aromatic nitrogens is 2. The summed E-state index contributed by atoms with van der Waals surface area (Å²) < 4.78 is 12.4. The number of hydrogen-bond donors (Lipinski definition) is 0. The molecule has 0 aliphatic heterocycles. The monoisotopic (exact) mass is 914 g/mol. The van der Waals surface area contributed by atoms with Crippen molar-refractivity contribution in [3.63, 3.8) is 0 Å². The highest BCUT2D eigenvalue weighted by Gasteiger charge is 2.47. The van der Waals surface area contributed by atoms with Crippen LogP contribution in [0.25, 0.3) is 56.2 Å². The molecule has 12 aromatic rings. The molecule has 2 aromatic heterocycles. The highest BCUT2D eigenvalue weighted by Crippen LogP contribution is 2.58. The van der Waals surface area contributed by atoms with Crippen LogP contribution >= 0.6 is 0 Å². The maximum absolute atomic E-state index is 6.20. The molecule has 0 N–H and O–H groups in total. The van der Waals surface area contributed by atoms with E-state index in [1.807, 2.05) is 48.5 Å². The van der Waals surface area contributed by atoms with E-state index >= 15 is 0 Å². The molecule has 13 rings (SSSR count). The van der Waals surface area contributed by atoms with Gasteiger partial charge in [0.15, 0.2) is 11.2 Å². The molecule has 0 radical (unpaired) electrons. The molecule has 6 heteroatoms. The van der Waals surface area contributed by atoms with Crippen LogP contribution in [-0.2, 0) is 5.41 Å². The summed E-state index contributed by atoms with van der Waals surface area (Å²) in [6.07, 6.45) is 0. The van der Waals surface area contributed by atoms with Crippen molar-refractivity contribution >= 4 is 56.3 Å². The molecule has 71 heavy (non-hydrogen) atoms. The fraction of sp³-hybridized carbons (Fsp3) is 0.0462. The Hall–Kier alpha value is -9.26. The summed E-state index contributed by atoms with van der Waals surface area (Å²) in [4.78, 5) is 14.3. The second-order valence-corrected chi connectivity index (χ2v) is 18.4. The molecular formula is C65H46N4O2. The van der Waals surface area contributed by atoms with Crippen LogP contribution < -0.4 is 9.80 Å². The van der Waals surface area contributed by atoms with Crippen LogP contribution in [0, 0.1) is 13.8 Å². The second kappa shape index (κ2) is 17.1. The number of rotatable bonds is 10. The van der Waals surface area contributed by atoms with Crippen LogP contribution in [0.4, 0.5) is 34.1 Å². The molecule has 0 unspecified atom stereocenters. The van der Waals surface area contributed by atoms with E-state index in [0.29, 0.717) is 11.8 Å². The number of fused-ring (bicyclic) bond motifs is 5. The Bertz CT molecular complexity index is 3560. The van der Waals surface area contributed by atoms with E-state index in [-0.39, 0.29) is 0 Å². The third kappa shape index (κ3) is 7.19. The summed E-state index contributed by atoms with van der Waals surface area (Å²) in [6.45, 7) is 4.26. The molecule has 338 valence electrons. The van der Waals surface area contributed by atoms with E-state index < -0.39 is 5.41 Å². The molecule has 1 aliphatic rings. The van der Waals surface area contributed by atoms with Crippen molar-refractivity contribution in [2.24, 2.45) is 0 Å². The van der Waals surface area contributed by atoms with Crippen molar-refractivity contribution in [1.29, 1.82) is 0 Å². The molecule has 0 atom stereocenters. The first-order valence-electron chi connectivity index (χ1n) is 24.0. The van der Waals surface area contributed by atoms with Gasteiger partial charge in [-0.25, -0.2) is 9.97 Å². The number of oxazole rings is 2. The van der Waals surface area contributed by atoms with E-state index in [0.717, 1.165) is 67.5 Å². The predicted molar refractivity (Wildman–Crippen MR) is 289 cm³/mol. The van der Waals surface area contributed by atoms with Crippen molar-refractivity contribution in [3.8, 4) is 34.0 Å². The fourth-order valence-corrected chi connectivity index (χ4v) is 10.5. The lowest BCUT2D eigenvalue weighted by Gasteiger charge is -2.35. The lowest BCUT2D eigenvalue weighted by atomic mass is 9.67. The predicted octanol–water partition coefficient (Wildman–Crippen LogP) is 17.2. The van der Waals surface area contributed by atoms with Crippen molar-refractivity contribution in [2.45, 2.75) is 19.3 Å². The van der Waals surface area contributed by atoms with Gasteiger partial charge >= 0.3 is 0 Å². The standard InChI is InChI=1S/C65H46N4O2/c1-43-21-29-49(30-22-43)68(51-33-25-45(26-34-51)63-66-59-17-9-11-19-61(59)70-63)53-37-39-55-56-40-38-54(42-58(56)65(57(55)41-53,47-13-5-3-6-14-47)48-15-7-4-8-16-48)69(50-31-23-44(2)24-32-50)52-35-27-46(28-36-52)64-67-60-18-10-12-20-62(60)71-64/h3-42H,1-2H3. The van der Waals surface area contributed by atoms with Crippen molar-refractivity contribution in [2.75, 3.05) is 9.80 Å². The zero-order valence-electron chi connectivity index (χ0n) is 39.2. The molecular weight excluding hydrogens is 869 g/mol. The summed E-state index contributed by atoms with van der Waals surface area (Å²) in [5.41, 5.74) is 20.2. The third-order valence-electron chi connectivity index (χ3n) is 14.0. The summed E-state index contributed by atoms with van der Waals surface area (Å²) in [5, 5.41) is 0. The third-order valence-corrected chi connectivity index (χ3v) is 14.0. The van der Waals surface area contributed by atoms with Gasteiger partial charge in [-0.05, 0) is 169 Å². The minimum absolute atomic E-state index is 0.600. The van der Waals surface area contributed by atoms with Gasteiger partial charge < -0.3 is 18.6 Å². The molecule has 2 heterocycles. The lowest BCUT2D eigenvalue weighted by Crippen LogP contribution is -2.29. The van der Waals surface area contributed by atoms with Crippen LogP contribution in [0.1, 0.15) is 33.4 Å². The molecule has 0 amide bonds. The summed E-state index contributed by atoms with van der Waals surface area (Å²) in [6, 6.07) is 86.5. The van der Waals surface area contributed by atoms with Crippen LogP contribution in [0.2, 0.25) is 0 Å². The molecule has 0 saturated heterocycles. The smallest absolute Gasteiger partial charge is 0.227 e. The van der Waals surface area contributed by atoms with E-state index in [4.69, 9.17) is 18.8 Å². The molecule has 0 bridgehead atoms. The first kappa shape index (κ1) is 41.9. The Morgan fingerprint density at radius 2 is 0.676 bits per heavy atom.